The predicted molar refractivity (Wildman–Crippen MR) is 109 cm³/mol. The van der Waals surface area contributed by atoms with Gasteiger partial charge in [0.25, 0.3) is 0 Å². The first-order chi connectivity index (χ1) is 12.8. The molecule has 0 radical (unpaired) electrons. The standard InChI is InChI=1S/C24H17NO/c1-26-19-11-12-20-23(15-19)25-22-14-18-10-6-5-9-17(18)13-21(22)24(20)16-7-3-2-4-8-16/h2-15H,1H3. The molecule has 0 bridgehead atoms. The molecule has 0 amide bonds. The van der Waals surface area contributed by atoms with E-state index < -0.39 is 0 Å². The van der Waals surface area contributed by atoms with Crippen molar-refractivity contribution in [1.29, 1.82) is 0 Å². The van der Waals surface area contributed by atoms with Gasteiger partial charge >= 0.3 is 0 Å². The predicted octanol–water partition coefficient (Wildman–Crippen LogP) is 6.22. The molecule has 124 valence electrons. The van der Waals surface area contributed by atoms with Crippen LogP contribution in [0.2, 0.25) is 0 Å². The highest BCUT2D eigenvalue weighted by atomic mass is 16.5. The smallest absolute Gasteiger partial charge is 0.121 e. The average molecular weight is 335 g/mol. The van der Waals surface area contributed by atoms with Gasteiger partial charge < -0.3 is 4.74 Å². The first-order valence-electron chi connectivity index (χ1n) is 8.69. The van der Waals surface area contributed by atoms with Crippen LogP contribution in [0.3, 0.4) is 0 Å². The van der Waals surface area contributed by atoms with Crippen LogP contribution >= 0.6 is 0 Å². The normalized spacial score (nSPS) is 11.3. The summed E-state index contributed by atoms with van der Waals surface area (Å²) in [6, 6.07) is 29.5. The fourth-order valence-electron chi connectivity index (χ4n) is 3.65. The fourth-order valence-corrected chi connectivity index (χ4v) is 3.65. The maximum Gasteiger partial charge on any atom is 0.121 e. The second-order valence-corrected chi connectivity index (χ2v) is 6.45. The monoisotopic (exact) mass is 335 g/mol. The van der Waals surface area contributed by atoms with Gasteiger partial charge in [0.05, 0.1) is 18.1 Å². The van der Waals surface area contributed by atoms with Crippen molar-refractivity contribution in [1.82, 2.24) is 4.98 Å². The van der Waals surface area contributed by atoms with Crippen molar-refractivity contribution in [2.75, 3.05) is 7.11 Å². The molecule has 1 aromatic heterocycles. The summed E-state index contributed by atoms with van der Waals surface area (Å²) in [6.45, 7) is 0. The topological polar surface area (TPSA) is 22.1 Å². The summed E-state index contributed by atoms with van der Waals surface area (Å²) in [5.74, 6) is 0.823. The highest BCUT2D eigenvalue weighted by Crippen LogP contribution is 2.37. The Morgan fingerprint density at radius 1 is 0.654 bits per heavy atom. The number of fused-ring (bicyclic) bond motifs is 3. The van der Waals surface area contributed by atoms with Gasteiger partial charge in [0, 0.05) is 22.4 Å². The number of pyridine rings is 1. The summed E-state index contributed by atoms with van der Waals surface area (Å²) in [7, 11) is 1.69. The van der Waals surface area contributed by atoms with Gasteiger partial charge in [-0.15, -0.1) is 0 Å². The van der Waals surface area contributed by atoms with Crippen molar-refractivity contribution in [2.24, 2.45) is 0 Å². The molecule has 0 saturated carbocycles. The van der Waals surface area contributed by atoms with Crippen molar-refractivity contribution < 1.29 is 4.74 Å². The molecule has 5 rings (SSSR count). The molecule has 0 fully saturated rings. The van der Waals surface area contributed by atoms with Gasteiger partial charge in [-0.2, -0.15) is 0 Å². The summed E-state index contributed by atoms with van der Waals surface area (Å²) in [5.41, 5.74) is 4.37. The zero-order chi connectivity index (χ0) is 17.5. The lowest BCUT2D eigenvalue weighted by Gasteiger charge is -2.13. The van der Waals surface area contributed by atoms with E-state index >= 15 is 0 Å². The van der Waals surface area contributed by atoms with E-state index in [1.165, 1.54) is 27.3 Å². The summed E-state index contributed by atoms with van der Waals surface area (Å²) >= 11 is 0. The van der Waals surface area contributed by atoms with E-state index in [2.05, 4.69) is 66.7 Å². The third-order valence-corrected chi connectivity index (χ3v) is 4.91. The maximum atomic E-state index is 5.41. The van der Waals surface area contributed by atoms with Gasteiger partial charge in [-0.05, 0) is 40.6 Å². The number of aromatic nitrogens is 1. The van der Waals surface area contributed by atoms with Crippen molar-refractivity contribution in [3.63, 3.8) is 0 Å². The van der Waals surface area contributed by atoms with Gasteiger partial charge in [-0.25, -0.2) is 4.98 Å². The molecule has 0 spiro atoms. The molecule has 0 aliphatic heterocycles. The molecule has 2 nitrogen and oxygen atoms in total. The van der Waals surface area contributed by atoms with E-state index in [-0.39, 0.29) is 0 Å². The largest absolute Gasteiger partial charge is 0.497 e. The Kier molecular flexibility index (Phi) is 3.36. The summed E-state index contributed by atoms with van der Waals surface area (Å²) in [6.07, 6.45) is 0. The van der Waals surface area contributed by atoms with Crippen LogP contribution in [0.15, 0.2) is 84.9 Å². The lowest BCUT2D eigenvalue weighted by Crippen LogP contribution is -1.91. The average Bonchev–Trinajstić information content (AvgIpc) is 2.70. The SMILES string of the molecule is COc1ccc2c(-c3ccccc3)c3cc4ccccc4cc3nc2c1. The van der Waals surface area contributed by atoms with Crippen LogP contribution in [0.1, 0.15) is 0 Å². The highest BCUT2D eigenvalue weighted by molar-refractivity contribution is 6.13. The molecule has 0 aliphatic carbocycles. The Bertz CT molecular complexity index is 1260. The lowest BCUT2D eigenvalue weighted by atomic mass is 9.94. The van der Waals surface area contributed by atoms with Crippen molar-refractivity contribution >= 4 is 32.6 Å². The molecule has 5 aromatic rings. The summed E-state index contributed by atoms with van der Waals surface area (Å²) in [5, 5.41) is 4.74. The van der Waals surface area contributed by atoms with Gasteiger partial charge in [-0.1, -0.05) is 54.6 Å². The Hall–Kier alpha value is -3.39. The zero-order valence-electron chi connectivity index (χ0n) is 14.4. The summed E-state index contributed by atoms with van der Waals surface area (Å²) < 4.78 is 5.41. The van der Waals surface area contributed by atoms with Gasteiger partial charge in [0.15, 0.2) is 0 Å². The number of benzene rings is 4. The molecule has 2 heteroatoms. The quantitative estimate of drug-likeness (QED) is 0.357. The number of hydrogen-bond donors (Lipinski definition) is 0. The zero-order valence-corrected chi connectivity index (χ0v) is 14.4. The number of methoxy groups -OCH3 is 1. The van der Waals surface area contributed by atoms with Gasteiger partial charge in [0.1, 0.15) is 5.75 Å². The van der Waals surface area contributed by atoms with Crippen LogP contribution in [0.4, 0.5) is 0 Å². The lowest BCUT2D eigenvalue weighted by molar-refractivity contribution is 0.415. The van der Waals surface area contributed by atoms with E-state index in [0.29, 0.717) is 0 Å². The van der Waals surface area contributed by atoms with Crippen molar-refractivity contribution in [3.05, 3.63) is 84.9 Å². The molecular weight excluding hydrogens is 318 g/mol. The minimum atomic E-state index is 0.823. The molecule has 0 atom stereocenters. The van der Waals surface area contributed by atoms with Crippen LogP contribution in [0, 0.1) is 0 Å². The molecule has 0 N–H and O–H groups in total. The fraction of sp³-hybridized carbons (Fsp3) is 0.0417. The number of hydrogen-bond acceptors (Lipinski definition) is 2. The Balaban J connectivity index is 1.98. The molecule has 0 aliphatic rings. The molecule has 26 heavy (non-hydrogen) atoms. The molecular formula is C24H17NO. The third kappa shape index (κ3) is 2.31. The van der Waals surface area contributed by atoms with E-state index in [1.54, 1.807) is 7.11 Å². The van der Waals surface area contributed by atoms with Crippen LogP contribution in [-0.2, 0) is 0 Å². The number of rotatable bonds is 2. The number of ether oxygens (including phenoxy) is 1. The molecule has 4 aromatic carbocycles. The minimum absolute atomic E-state index is 0.823. The second kappa shape index (κ2) is 5.85. The second-order valence-electron chi connectivity index (χ2n) is 6.45. The molecule has 1 heterocycles. The number of nitrogens with zero attached hydrogens (tertiary/aromatic N) is 1. The summed E-state index contributed by atoms with van der Waals surface area (Å²) in [4.78, 5) is 4.94. The van der Waals surface area contributed by atoms with E-state index in [1.807, 2.05) is 18.2 Å². The van der Waals surface area contributed by atoms with E-state index in [4.69, 9.17) is 9.72 Å². The first kappa shape index (κ1) is 14.9. The van der Waals surface area contributed by atoms with Crippen LogP contribution < -0.4 is 4.74 Å². The molecule has 0 unspecified atom stereocenters. The Labute approximate surface area is 151 Å². The Morgan fingerprint density at radius 3 is 2.12 bits per heavy atom. The van der Waals surface area contributed by atoms with Crippen LogP contribution in [0.25, 0.3) is 43.7 Å². The van der Waals surface area contributed by atoms with Crippen molar-refractivity contribution in [2.45, 2.75) is 0 Å². The van der Waals surface area contributed by atoms with E-state index in [0.717, 1.165) is 22.2 Å². The highest BCUT2D eigenvalue weighted by Gasteiger charge is 2.12. The van der Waals surface area contributed by atoms with E-state index in [9.17, 15) is 0 Å². The maximum absolute atomic E-state index is 5.41. The first-order valence-corrected chi connectivity index (χ1v) is 8.69. The molecule has 0 saturated heterocycles. The van der Waals surface area contributed by atoms with Crippen molar-refractivity contribution in [3.8, 4) is 16.9 Å². The Morgan fingerprint density at radius 2 is 1.35 bits per heavy atom. The third-order valence-electron chi connectivity index (χ3n) is 4.91. The van der Waals surface area contributed by atoms with Gasteiger partial charge in [-0.3, -0.25) is 0 Å². The van der Waals surface area contributed by atoms with Crippen LogP contribution in [0.5, 0.6) is 5.75 Å². The minimum Gasteiger partial charge on any atom is -0.497 e. The van der Waals surface area contributed by atoms with Gasteiger partial charge in [0.2, 0.25) is 0 Å². The van der Waals surface area contributed by atoms with Crippen LogP contribution in [-0.4, -0.2) is 12.1 Å².